The van der Waals surface area contributed by atoms with Crippen LogP contribution in [0.25, 0.3) is 11.2 Å². The third-order valence-electron chi connectivity index (χ3n) is 1.50. The Morgan fingerprint density at radius 3 is 3.08 bits per heavy atom. The van der Waals surface area contributed by atoms with Gasteiger partial charge in [-0.25, -0.2) is 9.78 Å². The summed E-state index contributed by atoms with van der Waals surface area (Å²) in [4.78, 5) is 18.1. The molecule has 2 aromatic rings. The first-order valence-corrected chi connectivity index (χ1v) is 3.70. The number of aromatic carboxylic acids is 1. The van der Waals surface area contributed by atoms with Crippen LogP contribution in [-0.4, -0.2) is 21.0 Å². The molecule has 0 saturated carbocycles. The second-order valence-corrected chi connectivity index (χ2v) is 2.61. The van der Waals surface area contributed by atoms with Gasteiger partial charge in [-0.2, -0.15) is 4.98 Å². The van der Waals surface area contributed by atoms with Crippen molar-refractivity contribution < 1.29 is 14.3 Å². The lowest BCUT2D eigenvalue weighted by Crippen LogP contribution is -1.96. The van der Waals surface area contributed by atoms with Crippen LogP contribution >= 0.6 is 11.6 Å². The Labute approximate surface area is 77.0 Å². The Balaban J connectivity index is 2.82. The predicted molar refractivity (Wildman–Crippen MR) is 43.8 cm³/mol. The molecule has 0 amide bonds. The summed E-state index contributed by atoms with van der Waals surface area (Å²) in [7, 11) is 0. The lowest BCUT2D eigenvalue weighted by molar-refractivity contribution is 0.0698. The quantitative estimate of drug-likeness (QED) is 0.753. The molecule has 2 rings (SSSR count). The average Bonchev–Trinajstić information content (AvgIpc) is 2.43. The molecule has 1 N–H and O–H groups in total. The molecule has 0 aliphatic carbocycles. The van der Waals surface area contributed by atoms with E-state index in [-0.39, 0.29) is 22.1 Å². The maximum atomic E-state index is 10.7. The standard InChI is InChI=1S/C7H3ClN2O3/c8-7-10-5-4(13-7)3(6(11)12)1-2-9-5/h1-2H,(H,11,12). The number of carboxylic acid groups (broad SMARTS) is 1. The second kappa shape index (κ2) is 2.70. The minimum Gasteiger partial charge on any atom is -0.478 e. The Morgan fingerprint density at radius 1 is 1.62 bits per heavy atom. The molecule has 0 bridgehead atoms. The first-order valence-electron chi connectivity index (χ1n) is 3.33. The van der Waals surface area contributed by atoms with E-state index >= 15 is 0 Å². The Morgan fingerprint density at radius 2 is 2.38 bits per heavy atom. The maximum Gasteiger partial charge on any atom is 0.339 e. The third kappa shape index (κ3) is 1.23. The van der Waals surface area contributed by atoms with Crippen molar-refractivity contribution in [2.75, 3.05) is 0 Å². The van der Waals surface area contributed by atoms with Crippen molar-refractivity contribution in [1.29, 1.82) is 0 Å². The number of hydrogen-bond acceptors (Lipinski definition) is 4. The van der Waals surface area contributed by atoms with Gasteiger partial charge in [0.15, 0.2) is 5.58 Å². The molecule has 5 nitrogen and oxygen atoms in total. The monoisotopic (exact) mass is 198 g/mol. The van der Waals surface area contributed by atoms with Crippen molar-refractivity contribution in [3.05, 3.63) is 23.2 Å². The van der Waals surface area contributed by atoms with Crippen molar-refractivity contribution in [3.63, 3.8) is 0 Å². The number of carboxylic acids is 1. The van der Waals surface area contributed by atoms with Crippen molar-refractivity contribution >= 4 is 28.8 Å². The summed E-state index contributed by atoms with van der Waals surface area (Å²) in [6.45, 7) is 0. The normalized spacial score (nSPS) is 10.5. The highest BCUT2D eigenvalue weighted by molar-refractivity contribution is 6.28. The number of carbonyl (C=O) groups is 1. The van der Waals surface area contributed by atoms with Gasteiger partial charge in [-0.3, -0.25) is 0 Å². The van der Waals surface area contributed by atoms with Crippen LogP contribution in [0.2, 0.25) is 5.35 Å². The highest BCUT2D eigenvalue weighted by atomic mass is 35.5. The van der Waals surface area contributed by atoms with E-state index in [2.05, 4.69) is 9.97 Å². The minimum absolute atomic E-state index is 0.00407. The molecule has 0 aromatic carbocycles. The number of nitrogens with zero attached hydrogens (tertiary/aromatic N) is 2. The summed E-state index contributed by atoms with van der Waals surface area (Å²) >= 11 is 5.45. The number of rotatable bonds is 1. The van der Waals surface area contributed by atoms with Crippen LogP contribution in [0, 0.1) is 0 Å². The van der Waals surface area contributed by atoms with Gasteiger partial charge >= 0.3 is 5.97 Å². The highest BCUT2D eigenvalue weighted by Gasteiger charge is 2.14. The summed E-state index contributed by atoms with van der Waals surface area (Å²) in [6, 6.07) is 1.33. The smallest absolute Gasteiger partial charge is 0.339 e. The van der Waals surface area contributed by atoms with Gasteiger partial charge in [-0.1, -0.05) is 0 Å². The first-order chi connectivity index (χ1) is 6.18. The molecule has 6 heteroatoms. The molecule has 13 heavy (non-hydrogen) atoms. The Bertz CT molecular complexity index is 480. The fourth-order valence-electron chi connectivity index (χ4n) is 0.976. The van der Waals surface area contributed by atoms with Gasteiger partial charge in [0.25, 0.3) is 5.35 Å². The fourth-order valence-corrected chi connectivity index (χ4v) is 1.13. The van der Waals surface area contributed by atoms with Crippen molar-refractivity contribution in [2.45, 2.75) is 0 Å². The van der Waals surface area contributed by atoms with Crippen molar-refractivity contribution in [3.8, 4) is 0 Å². The largest absolute Gasteiger partial charge is 0.478 e. The number of pyridine rings is 1. The van der Waals surface area contributed by atoms with Crippen molar-refractivity contribution in [1.82, 2.24) is 9.97 Å². The molecule has 0 atom stereocenters. The minimum atomic E-state index is -1.10. The van der Waals surface area contributed by atoms with Gasteiger partial charge in [0.1, 0.15) is 5.56 Å². The zero-order chi connectivity index (χ0) is 9.42. The molecule has 0 radical (unpaired) electrons. The van der Waals surface area contributed by atoms with Crippen LogP contribution in [0.15, 0.2) is 16.7 Å². The van der Waals surface area contributed by atoms with Gasteiger partial charge in [-0.05, 0) is 17.7 Å². The van der Waals surface area contributed by atoms with Crippen LogP contribution in [0.5, 0.6) is 0 Å². The molecule has 2 heterocycles. The van der Waals surface area contributed by atoms with E-state index in [0.717, 1.165) is 0 Å². The zero-order valence-electron chi connectivity index (χ0n) is 6.19. The molecule has 66 valence electrons. The second-order valence-electron chi connectivity index (χ2n) is 2.28. The van der Waals surface area contributed by atoms with Gasteiger partial charge in [0.05, 0.1) is 0 Å². The predicted octanol–water partition coefficient (Wildman–Crippen LogP) is 1.57. The molecule has 0 aliphatic heterocycles. The topological polar surface area (TPSA) is 76.2 Å². The van der Waals surface area contributed by atoms with E-state index in [0.29, 0.717) is 0 Å². The molecule has 0 spiro atoms. The van der Waals surface area contributed by atoms with E-state index in [4.69, 9.17) is 21.1 Å². The number of hydrogen-bond donors (Lipinski definition) is 1. The van der Waals surface area contributed by atoms with Crippen LogP contribution in [0.4, 0.5) is 0 Å². The van der Waals surface area contributed by atoms with E-state index in [9.17, 15) is 4.79 Å². The van der Waals surface area contributed by atoms with Crippen LogP contribution in [0.3, 0.4) is 0 Å². The number of fused-ring (bicyclic) bond motifs is 1. The van der Waals surface area contributed by atoms with Crippen LogP contribution in [-0.2, 0) is 0 Å². The third-order valence-corrected chi connectivity index (χ3v) is 1.66. The SMILES string of the molecule is O=C(O)c1ccnc2nc(Cl)oc12. The van der Waals surface area contributed by atoms with Crippen LogP contribution in [0.1, 0.15) is 10.4 Å². The van der Waals surface area contributed by atoms with Gasteiger partial charge < -0.3 is 9.52 Å². The molecule has 0 unspecified atom stereocenters. The van der Waals surface area contributed by atoms with E-state index < -0.39 is 5.97 Å². The van der Waals surface area contributed by atoms with Crippen molar-refractivity contribution in [2.24, 2.45) is 0 Å². The van der Waals surface area contributed by atoms with Gasteiger partial charge in [0, 0.05) is 6.20 Å². The molecular weight excluding hydrogens is 196 g/mol. The van der Waals surface area contributed by atoms with E-state index in [1.165, 1.54) is 12.3 Å². The highest BCUT2D eigenvalue weighted by Crippen LogP contribution is 2.20. The summed E-state index contributed by atoms with van der Waals surface area (Å²) in [5.41, 5.74) is 0.300. The maximum absolute atomic E-state index is 10.7. The molecule has 0 aliphatic rings. The summed E-state index contributed by atoms with van der Waals surface area (Å²) in [6.07, 6.45) is 1.34. The lowest BCUT2D eigenvalue weighted by atomic mass is 10.2. The number of halogens is 1. The Kier molecular flexibility index (Phi) is 1.66. The zero-order valence-corrected chi connectivity index (χ0v) is 6.95. The molecule has 2 aromatic heterocycles. The number of oxazole rings is 1. The first kappa shape index (κ1) is 8.00. The van der Waals surface area contributed by atoms with Gasteiger partial charge in [0.2, 0.25) is 5.65 Å². The van der Waals surface area contributed by atoms with Crippen LogP contribution < -0.4 is 0 Å². The summed E-state index contributed by atoms with van der Waals surface area (Å²) in [5, 5.41) is 8.62. The van der Waals surface area contributed by atoms with E-state index in [1.807, 2.05) is 0 Å². The molecule has 0 saturated heterocycles. The van der Waals surface area contributed by atoms with E-state index in [1.54, 1.807) is 0 Å². The number of aromatic nitrogens is 2. The van der Waals surface area contributed by atoms with Gasteiger partial charge in [-0.15, -0.1) is 0 Å². The molecule has 0 fully saturated rings. The molecular formula is C7H3ClN2O3. The fraction of sp³-hybridized carbons (Fsp3) is 0. The summed E-state index contributed by atoms with van der Waals surface area (Å²) in [5.74, 6) is -1.10. The summed E-state index contributed by atoms with van der Waals surface area (Å²) < 4.78 is 4.87. The lowest BCUT2D eigenvalue weighted by Gasteiger charge is -1.91. The average molecular weight is 199 g/mol. The Hall–Kier alpha value is -1.62.